The molecule has 4 nitrogen and oxygen atoms in total. The highest BCUT2D eigenvalue weighted by Crippen LogP contribution is 2.14. The van der Waals surface area contributed by atoms with Crippen LogP contribution >= 0.6 is 0 Å². The van der Waals surface area contributed by atoms with Crippen LogP contribution < -0.4 is 0 Å². The largest absolute Gasteiger partial charge is 0.492 e. The van der Waals surface area contributed by atoms with E-state index in [1.54, 1.807) is 0 Å². The minimum Gasteiger partial charge on any atom is -0.390 e. The predicted molar refractivity (Wildman–Crippen MR) is 114 cm³/mol. The third-order valence-corrected chi connectivity index (χ3v) is 6.42. The molecule has 0 bridgehead atoms. The molecule has 0 aliphatic rings. The normalized spacial score (nSPS) is 12.7. The van der Waals surface area contributed by atoms with Crippen molar-refractivity contribution in [1.29, 1.82) is 0 Å². The minimum atomic E-state index is -3.84. The first-order valence-electron chi connectivity index (χ1n) is 11.3. The van der Waals surface area contributed by atoms with Gasteiger partial charge in [0.05, 0.1) is 27.2 Å². The summed E-state index contributed by atoms with van der Waals surface area (Å²) >= 11 is 0. The van der Waals surface area contributed by atoms with Crippen LogP contribution in [0.4, 0.5) is 0 Å². The van der Waals surface area contributed by atoms with Crippen molar-refractivity contribution in [3.05, 3.63) is 0 Å². The average Bonchev–Trinajstić information content (AvgIpc) is 2.53. The molecular weight excluding hydrogens is 342 g/mol. The van der Waals surface area contributed by atoms with Crippen molar-refractivity contribution >= 4 is 8.80 Å². The summed E-state index contributed by atoms with van der Waals surface area (Å²) in [6.45, 7) is 4.31. The van der Waals surface area contributed by atoms with Gasteiger partial charge >= 0.3 is 8.80 Å². The van der Waals surface area contributed by atoms with Crippen LogP contribution in [0.1, 0.15) is 103 Å². The summed E-state index contributed by atoms with van der Waals surface area (Å²) < 4.78 is 0.905. The van der Waals surface area contributed by atoms with E-state index in [-0.39, 0.29) is 6.04 Å². The Morgan fingerprint density at radius 2 is 0.885 bits per heavy atom. The number of hydrogen-bond donors (Lipinski definition) is 3. The zero-order valence-corrected chi connectivity index (χ0v) is 19.0. The molecule has 0 aliphatic heterocycles. The third kappa shape index (κ3) is 20.4. The van der Waals surface area contributed by atoms with Crippen molar-refractivity contribution in [3.8, 4) is 0 Å². The molecule has 0 fully saturated rings. The van der Waals surface area contributed by atoms with Gasteiger partial charge in [-0.15, -0.1) is 0 Å². The first-order valence-corrected chi connectivity index (χ1v) is 13.3. The molecule has 0 radical (unpaired) electrons. The van der Waals surface area contributed by atoms with Crippen molar-refractivity contribution in [3.63, 3.8) is 0 Å². The van der Waals surface area contributed by atoms with E-state index in [4.69, 9.17) is 14.4 Å². The molecule has 0 atom stereocenters. The van der Waals surface area contributed by atoms with Gasteiger partial charge in [-0.25, -0.2) is 0 Å². The van der Waals surface area contributed by atoms with Crippen molar-refractivity contribution in [1.82, 2.24) is 0 Å². The Balaban J connectivity index is 3.32. The van der Waals surface area contributed by atoms with Crippen molar-refractivity contribution in [2.24, 2.45) is 0 Å². The van der Waals surface area contributed by atoms with Crippen molar-refractivity contribution < 1.29 is 18.9 Å². The summed E-state index contributed by atoms with van der Waals surface area (Å²) in [4.78, 5) is 27.2. The van der Waals surface area contributed by atoms with E-state index in [0.717, 1.165) is 17.6 Å². The summed E-state index contributed by atoms with van der Waals surface area (Å²) in [5.41, 5.74) is 0. The van der Waals surface area contributed by atoms with Gasteiger partial charge in [0.25, 0.3) is 0 Å². The Morgan fingerprint density at radius 3 is 1.27 bits per heavy atom. The van der Waals surface area contributed by atoms with Gasteiger partial charge < -0.3 is 18.9 Å². The SMILES string of the molecule is CCCCCCCCCCCCCCCC[N+](C)(C)CCC[Si](O)(O)O. The van der Waals surface area contributed by atoms with Crippen LogP contribution in [0.15, 0.2) is 0 Å². The van der Waals surface area contributed by atoms with Gasteiger partial charge in [-0.3, -0.25) is 0 Å². The summed E-state index contributed by atoms with van der Waals surface area (Å²) in [6.07, 6.45) is 20.1. The Labute approximate surface area is 164 Å². The second-order valence-corrected chi connectivity index (χ2v) is 10.9. The van der Waals surface area contributed by atoms with E-state index < -0.39 is 8.80 Å². The number of unbranched alkanes of at least 4 members (excludes halogenated alkanes) is 13. The average molecular weight is 391 g/mol. The van der Waals surface area contributed by atoms with Crippen LogP contribution in [0.3, 0.4) is 0 Å². The lowest BCUT2D eigenvalue weighted by Crippen LogP contribution is -2.43. The Bertz CT molecular complexity index is 306. The van der Waals surface area contributed by atoms with Crippen LogP contribution in [-0.4, -0.2) is 54.9 Å². The molecule has 26 heavy (non-hydrogen) atoms. The highest BCUT2D eigenvalue weighted by molar-refractivity contribution is 6.56. The van der Waals surface area contributed by atoms with E-state index in [2.05, 4.69) is 21.0 Å². The standard InChI is InChI=1S/C21H48NO3Si/c1-4-5-6-7-8-9-10-11-12-13-14-15-16-17-19-22(2,3)20-18-21-26(23,24)25/h23-25H,4-21H2,1-3H3/q+1. The lowest BCUT2D eigenvalue weighted by Gasteiger charge is -2.30. The molecular formula is C21H48NO3Si+. The Morgan fingerprint density at radius 1 is 0.538 bits per heavy atom. The van der Waals surface area contributed by atoms with Crippen LogP contribution in [0.2, 0.25) is 6.04 Å². The lowest BCUT2D eigenvalue weighted by atomic mass is 10.0. The molecule has 158 valence electrons. The van der Waals surface area contributed by atoms with Gasteiger partial charge in [0.2, 0.25) is 0 Å². The molecule has 3 N–H and O–H groups in total. The van der Waals surface area contributed by atoms with E-state index in [1.807, 2.05) is 0 Å². The first kappa shape index (κ1) is 26.1. The van der Waals surface area contributed by atoms with E-state index >= 15 is 0 Å². The van der Waals surface area contributed by atoms with Gasteiger partial charge in [0.1, 0.15) is 0 Å². The summed E-state index contributed by atoms with van der Waals surface area (Å²) in [5, 5.41) is 0. The van der Waals surface area contributed by atoms with Crippen molar-refractivity contribution in [2.45, 2.75) is 109 Å². The molecule has 5 heteroatoms. The fourth-order valence-corrected chi connectivity index (χ4v) is 4.22. The molecule has 0 rings (SSSR count). The summed E-state index contributed by atoms with van der Waals surface area (Å²) in [7, 11) is 0.544. The number of quaternary nitrogens is 1. The minimum absolute atomic E-state index is 0.160. The number of rotatable bonds is 19. The molecule has 0 aromatic carbocycles. The second kappa shape index (κ2) is 16.1. The molecule has 0 spiro atoms. The molecule has 0 saturated heterocycles. The zero-order valence-electron chi connectivity index (χ0n) is 18.0. The number of hydrogen-bond acceptors (Lipinski definition) is 3. The Kier molecular flexibility index (Phi) is 16.1. The first-order chi connectivity index (χ1) is 12.3. The maximum Gasteiger partial charge on any atom is 0.492 e. The van der Waals surface area contributed by atoms with Gasteiger partial charge in [0.15, 0.2) is 0 Å². The summed E-state index contributed by atoms with van der Waals surface area (Å²) in [5.74, 6) is 0. The second-order valence-electron chi connectivity index (χ2n) is 8.86. The zero-order chi connectivity index (χ0) is 19.7. The smallest absolute Gasteiger partial charge is 0.390 e. The molecule has 0 saturated carbocycles. The Hall–Kier alpha value is 0.0569. The quantitative estimate of drug-likeness (QED) is 0.168. The fraction of sp³-hybridized carbons (Fsp3) is 1.00. The predicted octanol–water partition coefficient (Wildman–Crippen LogP) is 4.85. The molecule has 0 aromatic rings. The van der Waals surface area contributed by atoms with Crippen LogP contribution in [0.25, 0.3) is 0 Å². The topological polar surface area (TPSA) is 60.7 Å². The highest BCUT2D eigenvalue weighted by atomic mass is 28.4. The maximum absolute atomic E-state index is 9.07. The van der Waals surface area contributed by atoms with Gasteiger partial charge in [-0.05, 0) is 12.8 Å². The number of nitrogens with zero attached hydrogens (tertiary/aromatic N) is 1. The van der Waals surface area contributed by atoms with Crippen LogP contribution in [0.5, 0.6) is 0 Å². The van der Waals surface area contributed by atoms with Crippen LogP contribution in [0, 0.1) is 0 Å². The highest BCUT2D eigenvalue weighted by Gasteiger charge is 2.27. The third-order valence-electron chi connectivity index (χ3n) is 5.39. The van der Waals surface area contributed by atoms with Crippen LogP contribution in [-0.2, 0) is 0 Å². The van der Waals surface area contributed by atoms with E-state index in [1.165, 1.54) is 89.9 Å². The lowest BCUT2D eigenvalue weighted by molar-refractivity contribution is -0.890. The monoisotopic (exact) mass is 390 g/mol. The molecule has 0 amide bonds. The maximum atomic E-state index is 9.07. The van der Waals surface area contributed by atoms with E-state index in [9.17, 15) is 0 Å². The van der Waals surface area contributed by atoms with Gasteiger partial charge in [-0.1, -0.05) is 84.0 Å². The van der Waals surface area contributed by atoms with Gasteiger partial charge in [0, 0.05) is 12.5 Å². The summed E-state index contributed by atoms with van der Waals surface area (Å²) in [6, 6.07) is 0.160. The molecule has 0 unspecified atom stereocenters. The van der Waals surface area contributed by atoms with E-state index in [0.29, 0.717) is 6.42 Å². The van der Waals surface area contributed by atoms with Crippen molar-refractivity contribution in [2.75, 3.05) is 27.2 Å². The van der Waals surface area contributed by atoms with Gasteiger partial charge in [-0.2, -0.15) is 0 Å². The molecule has 0 aromatic heterocycles. The molecule has 0 heterocycles. The molecule has 0 aliphatic carbocycles. The fourth-order valence-electron chi connectivity index (χ4n) is 3.59.